The van der Waals surface area contributed by atoms with Crippen molar-refractivity contribution in [2.75, 3.05) is 20.2 Å². The van der Waals surface area contributed by atoms with E-state index in [1.54, 1.807) is 34.6 Å². The van der Waals surface area contributed by atoms with Crippen molar-refractivity contribution >= 4 is 23.9 Å². The molecule has 1 atom stereocenters. The standard InChI is InChI=1S/C17H29N3O6/c1-8-12(19-16(24)26-17(4,5)6)14(22)18-11(3)15(23)20(7)10-13(21)25-9-2/h12H,3,8-10H2,1-2,4-7H3,(H,18,22)(H,19,24)/t12-/m1/s1. The van der Waals surface area contributed by atoms with E-state index in [1.165, 1.54) is 7.05 Å². The van der Waals surface area contributed by atoms with Gasteiger partial charge in [-0.15, -0.1) is 0 Å². The van der Waals surface area contributed by atoms with Crippen LogP contribution in [0, 0.1) is 0 Å². The van der Waals surface area contributed by atoms with Gasteiger partial charge in [0, 0.05) is 7.05 Å². The summed E-state index contributed by atoms with van der Waals surface area (Å²) < 4.78 is 9.85. The van der Waals surface area contributed by atoms with E-state index >= 15 is 0 Å². The van der Waals surface area contributed by atoms with Crippen LogP contribution in [0.3, 0.4) is 0 Å². The molecule has 0 rings (SSSR count). The van der Waals surface area contributed by atoms with Crippen LogP contribution in [-0.2, 0) is 23.9 Å². The summed E-state index contributed by atoms with van der Waals surface area (Å²) in [4.78, 5) is 48.6. The molecule has 0 fully saturated rings. The number of carbonyl (C=O) groups excluding carboxylic acids is 4. The van der Waals surface area contributed by atoms with E-state index in [0.29, 0.717) is 0 Å². The Hall–Kier alpha value is -2.58. The fourth-order valence-corrected chi connectivity index (χ4v) is 1.79. The SMILES string of the molecule is C=C(NC(=O)[C@@H](CC)NC(=O)OC(C)(C)C)C(=O)N(C)CC(=O)OCC. The number of alkyl carbamates (subject to hydrolysis) is 1. The molecular weight excluding hydrogens is 342 g/mol. The Morgan fingerprint density at radius 2 is 1.73 bits per heavy atom. The topological polar surface area (TPSA) is 114 Å². The molecule has 0 unspecified atom stereocenters. The Balaban J connectivity index is 4.69. The number of amides is 3. The summed E-state index contributed by atoms with van der Waals surface area (Å²) in [5, 5.41) is 4.77. The van der Waals surface area contributed by atoms with Crippen LogP contribution in [0.4, 0.5) is 4.79 Å². The molecular formula is C17H29N3O6. The molecule has 0 radical (unpaired) electrons. The molecule has 0 aliphatic rings. The first-order chi connectivity index (χ1) is 11.9. The highest BCUT2D eigenvalue weighted by Gasteiger charge is 2.25. The molecule has 2 N–H and O–H groups in total. The van der Waals surface area contributed by atoms with Crippen LogP contribution in [-0.4, -0.2) is 60.6 Å². The molecule has 0 aromatic rings. The van der Waals surface area contributed by atoms with Crippen LogP contribution >= 0.6 is 0 Å². The predicted molar refractivity (Wildman–Crippen MR) is 95.0 cm³/mol. The van der Waals surface area contributed by atoms with E-state index in [0.717, 1.165) is 4.90 Å². The van der Waals surface area contributed by atoms with Gasteiger partial charge in [0.15, 0.2) is 0 Å². The van der Waals surface area contributed by atoms with Gasteiger partial charge < -0.3 is 25.0 Å². The monoisotopic (exact) mass is 371 g/mol. The molecule has 3 amide bonds. The Kier molecular flexibility index (Phi) is 9.39. The molecule has 0 aromatic heterocycles. The highest BCUT2D eigenvalue weighted by Crippen LogP contribution is 2.07. The molecule has 148 valence electrons. The first-order valence-corrected chi connectivity index (χ1v) is 8.31. The summed E-state index contributed by atoms with van der Waals surface area (Å²) in [6.45, 7) is 11.9. The molecule has 0 aromatic carbocycles. The van der Waals surface area contributed by atoms with Crippen LogP contribution in [0.5, 0.6) is 0 Å². The van der Waals surface area contributed by atoms with Gasteiger partial charge in [-0.3, -0.25) is 14.4 Å². The molecule has 0 saturated carbocycles. The molecule has 0 aliphatic carbocycles. The first-order valence-electron chi connectivity index (χ1n) is 8.31. The molecule has 0 bridgehead atoms. The number of likely N-dealkylation sites (N-methyl/N-ethyl adjacent to an activating group) is 1. The van der Waals surface area contributed by atoms with E-state index < -0.39 is 35.5 Å². The molecule has 0 saturated heterocycles. The fourth-order valence-electron chi connectivity index (χ4n) is 1.79. The van der Waals surface area contributed by atoms with E-state index in [9.17, 15) is 19.2 Å². The molecule has 26 heavy (non-hydrogen) atoms. The lowest BCUT2D eigenvalue weighted by atomic mass is 10.2. The number of hydrogen-bond donors (Lipinski definition) is 2. The fraction of sp³-hybridized carbons (Fsp3) is 0.647. The minimum atomic E-state index is -0.898. The van der Waals surface area contributed by atoms with Crippen molar-refractivity contribution in [1.29, 1.82) is 0 Å². The lowest BCUT2D eigenvalue weighted by Crippen LogP contribution is -2.49. The summed E-state index contributed by atoms with van der Waals surface area (Å²) in [5.41, 5.74) is -0.917. The average molecular weight is 371 g/mol. The molecule has 0 heterocycles. The van der Waals surface area contributed by atoms with E-state index in [1.807, 2.05) is 0 Å². The minimum absolute atomic E-state index is 0.201. The third-order valence-corrected chi connectivity index (χ3v) is 2.97. The van der Waals surface area contributed by atoms with Gasteiger partial charge in [-0.25, -0.2) is 4.79 Å². The smallest absolute Gasteiger partial charge is 0.408 e. The van der Waals surface area contributed by atoms with Crippen molar-refractivity contribution in [2.24, 2.45) is 0 Å². The highest BCUT2D eigenvalue weighted by molar-refractivity contribution is 5.99. The van der Waals surface area contributed by atoms with E-state index in [4.69, 9.17) is 9.47 Å². The second-order valence-electron chi connectivity index (χ2n) is 6.54. The number of nitrogens with zero attached hydrogens (tertiary/aromatic N) is 1. The molecule has 0 spiro atoms. The van der Waals surface area contributed by atoms with Gasteiger partial charge >= 0.3 is 12.1 Å². The third kappa shape index (κ3) is 9.05. The summed E-state index contributed by atoms with van der Waals surface area (Å²) in [7, 11) is 1.38. The van der Waals surface area contributed by atoms with Crippen molar-refractivity contribution in [1.82, 2.24) is 15.5 Å². The van der Waals surface area contributed by atoms with Crippen LogP contribution in [0.15, 0.2) is 12.3 Å². The van der Waals surface area contributed by atoms with Crippen molar-refractivity contribution in [3.05, 3.63) is 12.3 Å². The van der Waals surface area contributed by atoms with Gasteiger partial charge in [-0.2, -0.15) is 0 Å². The van der Waals surface area contributed by atoms with Crippen LogP contribution in [0.25, 0.3) is 0 Å². The maximum atomic E-state index is 12.2. The summed E-state index contributed by atoms with van der Waals surface area (Å²) in [5.74, 6) is -1.82. The minimum Gasteiger partial charge on any atom is -0.465 e. The lowest BCUT2D eigenvalue weighted by Gasteiger charge is -2.23. The summed E-state index contributed by atoms with van der Waals surface area (Å²) in [6, 6.07) is -0.898. The third-order valence-electron chi connectivity index (χ3n) is 2.97. The van der Waals surface area contributed by atoms with Crippen LogP contribution < -0.4 is 10.6 Å². The Bertz CT molecular complexity index is 553. The van der Waals surface area contributed by atoms with E-state index in [-0.39, 0.29) is 25.3 Å². The average Bonchev–Trinajstić information content (AvgIpc) is 2.49. The van der Waals surface area contributed by atoms with Crippen LogP contribution in [0.1, 0.15) is 41.0 Å². The van der Waals surface area contributed by atoms with Crippen molar-refractivity contribution in [3.8, 4) is 0 Å². The zero-order valence-electron chi connectivity index (χ0n) is 16.3. The quantitative estimate of drug-likeness (QED) is 0.485. The molecule has 9 heteroatoms. The van der Waals surface area contributed by atoms with Gasteiger partial charge in [0.05, 0.1) is 12.3 Å². The number of hydrogen-bond acceptors (Lipinski definition) is 6. The maximum absolute atomic E-state index is 12.2. The number of nitrogens with one attached hydrogen (secondary N) is 2. The zero-order chi connectivity index (χ0) is 20.5. The van der Waals surface area contributed by atoms with Gasteiger partial charge in [0.2, 0.25) is 5.91 Å². The maximum Gasteiger partial charge on any atom is 0.408 e. The van der Waals surface area contributed by atoms with Crippen molar-refractivity contribution in [3.63, 3.8) is 0 Å². The largest absolute Gasteiger partial charge is 0.465 e. The van der Waals surface area contributed by atoms with Crippen LogP contribution in [0.2, 0.25) is 0 Å². The Labute approximate surface area is 154 Å². The van der Waals surface area contributed by atoms with Gasteiger partial charge in [0.25, 0.3) is 5.91 Å². The number of ether oxygens (including phenoxy) is 2. The number of rotatable bonds is 8. The summed E-state index contributed by atoms with van der Waals surface area (Å²) in [6.07, 6.45) is -0.457. The molecule has 0 aliphatic heterocycles. The first kappa shape index (κ1) is 23.4. The number of esters is 1. The number of carbonyl (C=O) groups is 4. The predicted octanol–water partition coefficient (Wildman–Crippen LogP) is 0.941. The second-order valence-corrected chi connectivity index (χ2v) is 6.54. The summed E-state index contributed by atoms with van der Waals surface area (Å²) >= 11 is 0. The van der Waals surface area contributed by atoms with Gasteiger partial charge in [0.1, 0.15) is 18.2 Å². The Morgan fingerprint density at radius 1 is 1.15 bits per heavy atom. The highest BCUT2D eigenvalue weighted by atomic mass is 16.6. The zero-order valence-corrected chi connectivity index (χ0v) is 16.3. The van der Waals surface area contributed by atoms with Gasteiger partial charge in [-0.05, 0) is 34.1 Å². The normalized spacial score (nSPS) is 11.8. The Morgan fingerprint density at radius 3 is 2.19 bits per heavy atom. The lowest BCUT2D eigenvalue weighted by molar-refractivity contribution is -0.147. The van der Waals surface area contributed by atoms with E-state index in [2.05, 4.69) is 17.2 Å². The second kappa shape index (κ2) is 10.4. The van der Waals surface area contributed by atoms with Crippen molar-refractivity contribution in [2.45, 2.75) is 52.7 Å². The van der Waals surface area contributed by atoms with Crippen molar-refractivity contribution < 1.29 is 28.7 Å². The van der Waals surface area contributed by atoms with Gasteiger partial charge in [-0.1, -0.05) is 13.5 Å². The molecule has 9 nitrogen and oxygen atoms in total.